The third kappa shape index (κ3) is 2.88. The highest BCUT2D eigenvalue weighted by Crippen LogP contribution is 2.26. The minimum atomic E-state index is 0.106. The smallest absolute Gasteiger partial charge is 0.226 e. The summed E-state index contributed by atoms with van der Waals surface area (Å²) >= 11 is 0. The first-order valence-corrected chi connectivity index (χ1v) is 7.46. The van der Waals surface area contributed by atoms with E-state index in [4.69, 9.17) is 0 Å². The maximum Gasteiger partial charge on any atom is 0.226 e. The molecule has 3 nitrogen and oxygen atoms in total. The van der Waals surface area contributed by atoms with Crippen LogP contribution in [0.4, 0.5) is 0 Å². The Morgan fingerprint density at radius 2 is 1.95 bits per heavy atom. The molecule has 0 aromatic heterocycles. The second-order valence-corrected chi connectivity index (χ2v) is 6.19. The van der Waals surface area contributed by atoms with Gasteiger partial charge in [-0.3, -0.25) is 4.79 Å². The van der Waals surface area contributed by atoms with Gasteiger partial charge in [0.1, 0.15) is 0 Å². The molecular formula is C17H26N2O. The molecule has 0 saturated carbocycles. The SMILES string of the molecule is Cc1ccc(C(C)N(C)C(=O)C(C)C2CNC2)c(C)c1. The topological polar surface area (TPSA) is 32.3 Å². The first kappa shape index (κ1) is 15.0. The summed E-state index contributed by atoms with van der Waals surface area (Å²) < 4.78 is 0. The molecule has 2 unspecified atom stereocenters. The van der Waals surface area contributed by atoms with E-state index in [1.165, 1.54) is 16.7 Å². The molecule has 1 N–H and O–H groups in total. The third-order valence-corrected chi connectivity index (χ3v) is 4.71. The third-order valence-electron chi connectivity index (χ3n) is 4.71. The lowest BCUT2D eigenvalue weighted by atomic mass is 9.87. The molecule has 1 aliphatic rings. The van der Waals surface area contributed by atoms with Gasteiger partial charge in [-0.1, -0.05) is 30.7 Å². The second kappa shape index (κ2) is 5.96. The molecule has 0 spiro atoms. The van der Waals surface area contributed by atoms with E-state index in [0.717, 1.165) is 13.1 Å². The molecule has 0 aliphatic carbocycles. The van der Waals surface area contributed by atoms with E-state index in [2.05, 4.69) is 51.2 Å². The van der Waals surface area contributed by atoms with Crippen molar-refractivity contribution in [2.24, 2.45) is 11.8 Å². The van der Waals surface area contributed by atoms with Crippen LogP contribution < -0.4 is 5.32 Å². The molecule has 1 aromatic rings. The normalized spacial score (nSPS) is 18.2. The Balaban J connectivity index is 2.10. The minimum absolute atomic E-state index is 0.106. The van der Waals surface area contributed by atoms with E-state index in [0.29, 0.717) is 5.92 Å². The van der Waals surface area contributed by atoms with Gasteiger partial charge in [0.05, 0.1) is 6.04 Å². The number of carbonyl (C=O) groups excluding carboxylic acids is 1. The quantitative estimate of drug-likeness (QED) is 0.915. The number of hydrogen-bond donors (Lipinski definition) is 1. The van der Waals surface area contributed by atoms with Crippen LogP contribution in [0.3, 0.4) is 0 Å². The average molecular weight is 274 g/mol. The van der Waals surface area contributed by atoms with Crippen molar-refractivity contribution in [3.8, 4) is 0 Å². The molecule has 1 aliphatic heterocycles. The number of nitrogens with zero attached hydrogens (tertiary/aromatic N) is 1. The number of rotatable bonds is 4. The van der Waals surface area contributed by atoms with Gasteiger partial charge in [0.25, 0.3) is 0 Å². The lowest BCUT2D eigenvalue weighted by molar-refractivity contribution is -0.138. The summed E-state index contributed by atoms with van der Waals surface area (Å²) in [6.07, 6.45) is 0. The number of amides is 1. The maximum atomic E-state index is 12.6. The Kier molecular flexibility index (Phi) is 4.48. The lowest BCUT2D eigenvalue weighted by Crippen LogP contribution is -2.50. The van der Waals surface area contributed by atoms with Gasteiger partial charge < -0.3 is 10.2 Å². The van der Waals surface area contributed by atoms with Gasteiger partial charge in [-0.2, -0.15) is 0 Å². The van der Waals surface area contributed by atoms with Crippen LogP contribution in [-0.2, 0) is 4.79 Å². The van der Waals surface area contributed by atoms with Gasteiger partial charge in [0.2, 0.25) is 5.91 Å². The average Bonchev–Trinajstić information content (AvgIpc) is 2.34. The predicted octanol–water partition coefficient (Wildman–Crippen LogP) is 2.68. The summed E-state index contributed by atoms with van der Waals surface area (Å²) in [6.45, 7) is 10.3. The van der Waals surface area contributed by atoms with Crippen molar-refractivity contribution in [2.75, 3.05) is 20.1 Å². The van der Waals surface area contributed by atoms with Crippen molar-refractivity contribution in [3.05, 3.63) is 34.9 Å². The number of benzene rings is 1. The fourth-order valence-electron chi connectivity index (χ4n) is 2.88. The number of aryl methyl sites for hydroxylation is 2. The highest BCUT2D eigenvalue weighted by Gasteiger charge is 2.32. The fourth-order valence-corrected chi connectivity index (χ4v) is 2.88. The largest absolute Gasteiger partial charge is 0.339 e. The Hall–Kier alpha value is -1.35. The minimum Gasteiger partial charge on any atom is -0.339 e. The molecule has 0 radical (unpaired) electrons. The summed E-state index contributed by atoms with van der Waals surface area (Å²) in [5, 5.41) is 3.24. The van der Waals surface area contributed by atoms with Crippen LogP contribution in [0.15, 0.2) is 18.2 Å². The van der Waals surface area contributed by atoms with Gasteiger partial charge in [-0.25, -0.2) is 0 Å². The van der Waals surface area contributed by atoms with E-state index in [-0.39, 0.29) is 17.9 Å². The van der Waals surface area contributed by atoms with Crippen LogP contribution in [0.5, 0.6) is 0 Å². The molecule has 1 aromatic carbocycles. The zero-order chi connectivity index (χ0) is 14.9. The molecule has 3 heteroatoms. The molecule has 2 atom stereocenters. The second-order valence-electron chi connectivity index (χ2n) is 6.19. The Labute approximate surface area is 122 Å². The Morgan fingerprint density at radius 3 is 2.45 bits per heavy atom. The van der Waals surface area contributed by atoms with E-state index in [9.17, 15) is 4.79 Å². The van der Waals surface area contributed by atoms with Crippen LogP contribution >= 0.6 is 0 Å². The van der Waals surface area contributed by atoms with Gasteiger partial charge in [-0.05, 0) is 50.9 Å². The first-order chi connectivity index (χ1) is 9.41. The van der Waals surface area contributed by atoms with Crippen LogP contribution in [0.1, 0.15) is 36.6 Å². The zero-order valence-electron chi connectivity index (χ0n) is 13.2. The zero-order valence-corrected chi connectivity index (χ0v) is 13.2. The van der Waals surface area contributed by atoms with E-state index >= 15 is 0 Å². The fraction of sp³-hybridized carbons (Fsp3) is 0.588. The van der Waals surface area contributed by atoms with E-state index < -0.39 is 0 Å². The summed E-state index contributed by atoms with van der Waals surface area (Å²) in [4.78, 5) is 14.5. The predicted molar refractivity (Wildman–Crippen MR) is 82.6 cm³/mol. The summed E-state index contributed by atoms with van der Waals surface area (Å²) in [7, 11) is 1.93. The first-order valence-electron chi connectivity index (χ1n) is 7.46. The van der Waals surface area contributed by atoms with Crippen molar-refractivity contribution >= 4 is 5.91 Å². The van der Waals surface area contributed by atoms with Gasteiger partial charge in [0, 0.05) is 13.0 Å². The molecular weight excluding hydrogens is 248 g/mol. The van der Waals surface area contributed by atoms with Crippen LogP contribution in [0, 0.1) is 25.7 Å². The van der Waals surface area contributed by atoms with E-state index in [1.807, 2.05) is 11.9 Å². The standard InChI is InChI=1S/C17H26N2O/c1-11-6-7-16(12(2)8-11)14(4)19(5)17(20)13(3)15-9-18-10-15/h6-8,13-15,18H,9-10H2,1-5H3. The highest BCUT2D eigenvalue weighted by molar-refractivity contribution is 5.79. The van der Waals surface area contributed by atoms with Crippen molar-refractivity contribution in [1.82, 2.24) is 10.2 Å². The summed E-state index contributed by atoms with van der Waals surface area (Å²) in [6, 6.07) is 6.58. The molecule has 110 valence electrons. The lowest BCUT2D eigenvalue weighted by Gasteiger charge is -2.36. The summed E-state index contributed by atoms with van der Waals surface area (Å²) in [5.41, 5.74) is 3.77. The number of hydrogen-bond acceptors (Lipinski definition) is 2. The Morgan fingerprint density at radius 1 is 1.30 bits per heavy atom. The van der Waals surface area contributed by atoms with Gasteiger partial charge in [-0.15, -0.1) is 0 Å². The number of carbonyl (C=O) groups is 1. The molecule has 1 heterocycles. The van der Waals surface area contributed by atoms with Crippen molar-refractivity contribution < 1.29 is 4.79 Å². The van der Waals surface area contributed by atoms with Crippen molar-refractivity contribution in [2.45, 2.75) is 33.7 Å². The number of nitrogens with one attached hydrogen (secondary N) is 1. The molecule has 1 fully saturated rings. The van der Waals surface area contributed by atoms with E-state index in [1.54, 1.807) is 0 Å². The van der Waals surface area contributed by atoms with Crippen LogP contribution in [0.25, 0.3) is 0 Å². The maximum absolute atomic E-state index is 12.6. The monoisotopic (exact) mass is 274 g/mol. The molecule has 1 amide bonds. The molecule has 1 saturated heterocycles. The van der Waals surface area contributed by atoms with Crippen LogP contribution in [-0.4, -0.2) is 30.9 Å². The summed E-state index contributed by atoms with van der Waals surface area (Å²) in [5.74, 6) is 0.856. The van der Waals surface area contributed by atoms with Gasteiger partial charge >= 0.3 is 0 Å². The van der Waals surface area contributed by atoms with Crippen LogP contribution in [0.2, 0.25) is 0 Å². The molecule has 0 bridgehead atoms. The highest BCUT2D eigenvalue weighted by atomic mass is 16.2. The van der Waals surface area contributed by atoms with Gasteiger partial charge in [0.15, 0.2) is 0 Å². The Bertz CT molecular complexity index is 494. The van der Waals surface area contributed by atoms with Crippen molar-refractivity contribution in [3.63, 3.8) is 0 Å². The van der Waals surface area contributed by atoms with Crippen molar-refractivity contribution in [1.29, 1.82) is 0 Å². The molecule has 2 rings (SSSR count). The molecule has 20 heavy (non-hydrogen) atoms.